The van der Waals surface area contributed by atoms with Crippen LogP contribution in [0.2, 0.25) is 0 Å². The van der Waals surface area contributed by atoms with Crippen molar-refractivity contribution in [3.8, 4) is 0 Å². The first kappa shape index (κ1) is 16.3. The van der Waals surface area contributed by atoms with Crippen molar-refractivity contribution in [2.75, 3.05) is 19.6 Å². The molecule has 0 amide bonds. The van der Waals surface area contributed by atoms with Crippen LogP contribution in [0, 0.1) is 0 Å². The second-order valence-corrected chi connectivity index (χ2v) is 9.27. The summed E-state index contributed by atoms with van der Waals surface area (Å²) in [5, 5.41) is 0. The summed E-state index contributed by atoms with van der Waals surface area (Å²) in [7, 11) is -3.37. The Balaban J connectivity index is 1.42. The Morgan fingerprint density at radius 2 is 1.62 bits per heavy atom. The van der Waals surface area contributed by atoms with Crippen LogP contribution in [0.15, 0.2) is 57.9 Å². The van der Waals surface area contributed by atoms with Gasteiger partial charge in [0.05, 0.1) is 4.90 Å². The molecule has 2 heterocycles. The lowest BCUT2D eigenvalue weighted by atomic mass is 9.97. The minimum Gasteiger partial charge on any atom is -0.293 e. The molecule has 24 heavy (non-hydrogen) atoms. The van der Waals surface area contributed by atoms with Crippen LogP contribution in [-0.2, 0) is 23.0 Å². The van der Waals surface area contributed by atoms with E-state index in [4.69, 9.17) is 0 Å². The largest absolute Gasteiger partial charge is 0.293 e. The highest BCUT2D eigenvalue weighted by atomic mass is 79.9. The fourth-order valence-electron chi connectivity index (χ4n) is 3.43. The molecule has 0 aliphatic carbocycles. The molecule has 126 valence electrons. The van der Waals surface area contributed by atoms with Crippen LogP contribution in [0.5, 0.6) is 0 Å². The molecule has 0 N–H and O–H groups in total. The molecule has 2 aliphatic rings. The maximum Gasteiger partial charge on any atom is 0.243 e. The van der Waals surface area contributed by atoms with Crippen molar-refractivity contribution in [3.63, 3.8) is 0 Å². The second kappa shape index (κ2) is 6.26. The molecule has 6 heteroatoms. The summed E-state index contributed by atoms with van der Waals surface area (Å²) in [5.41, 5.74) is 2.80. The Bertz CT molecular complexity index is 846. The van der Waals surface area contributed by atoms with Crippen LogP contribution < -0.4 is 0 Å². The predicted molar refractivity (Wildman–Crippen MR) is 97.2 cm³/mol. The maximum atomic E-state index is 12.6. The Morgan fingerprint density at radius 3 is 2.33 bits per heavy atom. The van der Waals surface area contributed by atoms with Crippen LogP contribution >= 0.6 is 15.9 Å². The van der Waals surface area contributed by atoms with E-state index in [1.54, 1.807) is 28.6 Å². The molecule has 1 saturated heterocycles. The van der Waals surface area contributed by atoms with Gasteiger partial charge in [-0.1, -0.05) is 40.2 Å². The molecule has 0 spiro atoms. The maximum absolute atomic E-state index is 12.6. The van der Waals surface area contributed by atoms with E-state index in [1.165, 1.54) is 11.1 Å². The van der Waals surface area contributed by atoms with Gasteiger partial charge >= 0.3 is 0 Å². The molecular weight excluding hydrogens is 388 g/mol. The molecule has 2 aromatic carbocycles. The lowest BCUT2D eigenvalue weighted by Gasteiger charge is -2.46. The molecule has 4 rings (SSSR count). The molecule has 0 saturated carbocycles. The molecule has 0 radical (unpaired) electrons. The number of hydrogen-bond donors (Lipinski definition) is 0. The van der Waals surface area contributed by atoms with Gasteiger partial charge in [0.2, 0.25) is 10.0 Å². The van der Waals surface area contributed by atoms with Crippen LogP contribution in [0.25, 0.3) is 0 Å². The summed E-state index contributed by atoms with van der Waals surface area (Å²) in [6.07, 6.45) is 1.05. The van der Waals surface area contributed by atoms with Gasteiger partial charge in [0, 0.05) is 36.7 Å². The van der Waals surface area contributed by atoms with Crippen molar-refractivity contribution in [1.29, 1.82) is 0 Å². The van der Waals surface area contributed by atoms with E-state index >= 15 is 0 Å². The van der Waals surface area contributed by atoms with Gasteiger partial charge < -0.3 is 0 Å². The van der Waals surface area contributed by atoms with Crippen LogP contribution in [0.1, 0.15) is 11.1 Å². The first-order chi connectivity index (χ1) is 11.5. The van der Waals surface area contributed by atoms with Gasteiger partial charge in [-0.05, 0) is 41.8 Å². The van der Waals surface area contributed by atoms with Gasteiger partial charge in [0.25, 0.3) is 0 Å². The monoisotopic (exact) mass is 406 g/mol. The molecule has 0 aromatic heterocycles. The zero-order valence-electron chi connectivity index (χ0n) is 13.2. The van der Waals surface area contributed by atoms with Crippen LogP contribution in [-0.4, -0.2) is 43.3 Å². The highest BCUT2D eigenvalue weighted by Gasteiger charge is 2.40. The quantitative estimate of drug-likeness (QED) is 0.786. The number of sulfonamides is 1. The zero-order chi connectivity index (χ0) is 16.7. The average Bonchev–Trinajstić information content (AvgIpc) is 2.53. The van der Waals surface area contributed by atoms with Gasteiger partial charge in [-0.25, -0.2) is 8.42 Å². The van der Waals surface area contributed by atoms with Crippen molar-refractivity contribution in [3.05, 3.63) is 64.1 Å². The van der Waals surface area contributed by atoms with Gasteiger partial charge in [0.1, 0.15) is 0 Å². The van der Waals surface area contributed by atoms with Crippen molar-refractivity contribution in [2.45, 2.75) is 23.9 Å². The molecule has 4 nitrogen and oxygen atoms in total. The minimum absolute atomic E-state index is 0.323. The fraction of sp³-hybridized carbons (Fsp3) is 0.333. The number of nitrogens with zero attached hydrogens (tertiary/aromatic N) is 2. The number of rotatable bonds is 3. The van der Waals surface area contributed by atoms with E-state index in [2.05, 4.69) is 45.1 Å². The van der Waals surface area contributed by atoms with Crippen LogP contribution in [0.4, 0.5) is 0 Å². The molecular formula is C18H19BrN2O2S. The third kappa shape index (κ3) is 2.92. The van der Waals surface area contributed by atoms with Crippen molar-refractivity contribution >= 4 is 26.0 Å². The first-order valence-electron chi connectivity index (χ1n) is 8.10. The van der Waals surface area contributed by atoms with E-state index in [9.17, 15) is 8.42 Å². The lowest BCUT2D eigenvalue weighted by Crippen LogP contribution is -2.61. The molecule has 0 bridgehead atoms. The van der Waals surface area contributed by atoms with Crippen molar-refractivity contribution in [1.82, 2.24) is 9.21 Å². The normalized spacial score (nSPS) is 19.7. The highest BCUT2D eigenvalue weighted by Crippen LogP contribution is 2.28. The van der Waals surface area contributed by atoms with Crippen LogP contribution in [0.3, 0.4) is 0 Å². The number of benzene rings is 2. The lowest BCUT2D eigenvalue weighted by molar-refractivity contribution is 0.0769. The smallest absolute Gasteiger partial charge is 0.243 e. The highest BCUT2D eigenvalue weighted by molar-refractivity contribution is 9.10. The Morgan fingerprint density at radius 1 is 0.958 bits per heavy atom. The summed E-state index contributed by atoms with van der Waals surface area (Å²) in [6, 6.07) is 15.7. The van der Waals surface area contributed by atoms with E-state index in [-0.39, 0.29) is 0 Å². The Hall–Kier alpha value is -1.21. The summed E-state index contributed by atoms with van der Waals surface area (Å²) >= 11 is 3.34. The second-order valence-electron chi connectivity index (χ2n) is 6.42. The SMILES string of the molecule is O=S(=O)(c1ccc(Br)cc1)N1CC(N2CCc3ccccc3C2)C1. The standard InChI is InChI=1S/C18H19BrN2O2S/c19-16-5-7-18(8-6-16)24(22,23)21-12-17(13-21)20-10-9-14-3-1-2-4-15(14)11-20/h1-8,17H,9-13H2. The number of hydrogen-bond acceptors (Lipinski definition) is 3. The molecule has 2 aromatic rings. The van der Waals surface area contributed by atoms with E-state index < -0.39 is 10.0 Å². The Labute approximate surface area is 151 Å². The third-order valence-electron chi connectivity index (χ3n) is 4.96. The molecule has 0 atom stereocenters. The fourth-order valence-corrected chi connectivity index (χ4v) is 5.21. The van der Waals surface area contributed by atoms with E-state index in [0.717, 1.165) is 24.0 Å². The van der Waals surface area contributed by atoms with E-state index in [0.29, 0.717) is 24.0 Å². The third-order valence-corrected chi connectivity index (χ3v) is 7.33. The van der Waals surface area contributed by atoms with Gasteiger partial charge in [-0.15, -0.1) is 0 Å². The van der Waals surface area contributed by atoms with Crippen molar-refractivity contribution < 1.29 is 8.42 Å². The van der Waals surface area contributed by atoms with Gasteiger partial charge in [-0.3, -0.25) is 4.90 Å². The Kier molecular flexibility index (Phi) is 4.24. The minimum atomic E-state index is -3.37. The predicted octanol–water partition coefficient (Wildman–Crippen LogP) is 2.88. The summed E-state index contributed by atoms with van der Waals surface area (Å²) in [4.78, 5) is 2.78. The summed E-state index contributed by atoms with van der Waals surface area (Å²) in [6.45, 7) is 3.10. The number of halogens is 1. The molecule has 1 fully saturated rings. The summed E-state index contributed by atoms with van der Waals surface area (Å²) < 4.78 is 27.8. The first-order valence-corrected chi connectivity index (χ1v) is 10.3. The molecule has 0 unspecified atom stereocenters. The summed E-state index contributed by atoms with van der Waals surface area (Å²) in [5.74, 6) is 0. The topological polar surface area (TPSA) is 40.6 Å². The van der Waals surface area contributed by atoms with Gasteiger partial charge in [0.15, 0.2) is 0 Å². The molecule has 2 aliphatic heterocycles. The average molecular weight is 407 g/mol. The van der Waals surface area contributed by atoms with Crippen molar-refractivity contribution in [2.24, 2.45) is 0 Å². The van der Waals surface area contributed by atoms with Gasteiger partial charge in [-0.2, -0.15) is 4.31 Å². The zero-order valence-corrected chi connectivity index (χ0v) is 15.6. The van der Waals surface area contributed by atoms with E-state index in [1.807, 2.05) is 0 Å². The number of fused-ring (bicyclic) bond motifs is 1.